The second kappa shape index (κ2) is 17.9. The first-order valence-corrected chi connectivity index (χ1v) is 15.6. The van der Waals surface area contributed by atoms with Crippen LogP contribution in [0.5, 0.6) is 0 Å². The molecule has 192 valence electrons. The number of hydrogen-bond donors (Lipinski definition) is 0. The number of benzene rings is 1. The van der Waals surface area contributed by atoms with Crippen LogP contribution in [0.1, 0.15) is 104 Å². The van der Waals surface area contributed by atoms with Crippen LogP contribution in [0.25, 0.3) is 0 Å². The zero-order valence-corrected chi connectivity index (χ0v) is 27.8. The molecule has 0 spiro atoms. The second-order valence-corrected chi connectivity index (χ2v) is 15.2. The zero-order chi connectivity index (χ0) is 22.4. The van der Waals surface area contributed by atoms with Crippen molar-refractivity contribution < 1.29 is 58.9 Å². The average Bonchev–Trinajstić information content (AvgIpc) is 2.92. The Balaban J connectivity index is -0.00000240. The molecule has 1 aromatic rings. The summed E-state index contributed by atoms with van der Waals surface area (Å²) in [6.07, 6.45) is 17.1. The SMILES string of the molecule is CCCCCCc1cc(CCCCCC)cc([Si](C)(C)C2(C)[C-]=C(C)C(C)=C2C)c1.[Cl-].[Cl-].[Cl-].[Ti+4]. The predicted molar refractivity (Wildman–Crippen MR) is 138 cm³/mol. The Labute approximate surface area is 246 Å². The van der Waals surface area contributed by atoms with Crippen molar-refractivity contribution in [3.63, 3.8) is 0 Å². The van der Waals surface area contributed by atoms with Crippen LogP contribution in [0.3, 0.4) is 0 Å². The molecule has 1 aromatic carbocycles. The number of unbranched alkanes of at least 4 members (excludes halogenated alkanes) is 6. The minimum absolute atomic E-state index is 0. The van der Waals surface area contributed by atoms with E-state index in [0.29, 0.717) is 0 Å². The van der Waals surface area contributed by atoms with Crippen molar-refractivity contribution in [3.8, 4) is 0 Å². The van der Waals surface area contributed by atoms with Crippen LogP contribution in [-0.2, 0) is 34.6 Å². The first kappa shape index (κ1) is 39.0. The minimum atomic E-state index is -1.78. The van der Waals surface area contributed by atoms with Gasteiger partial charge in [-0.3, -0.25) is 6.08 Å². The fourth-order valence-corrected chi connectivity index (χ4v) is 8.35. The molecule has 5 heteroatoms. The number of rotatable bonds is 12. The molecular weight excluding hydrogens is 531 g/mol. The van der Waals surface area contributed by atoms with Crippen LogP contribution in [0.15, 0.2) is 34.9 Å². The summed E-state index contributed by atoms with van der Waals surface area (Å²) in [5, 5.41) is 1.74. The maximum Gasteiger partial charge on any atom is 4.00 e. The molecule has 0 radical (unpaired) electrons. The van der Waals surface area contributed by atoms with Gasteiger partial charge in [0.2, 0.25) is 0 Å². The van der Waals surface area contributed by atoms with E-state index in [1.165, 1.54) is 75.4 Å². The number of halogens is 3. The van der Waals surface area contributed by atoms with Crippen molar-refractivity contribution >= 4 is 13.3 Å². The van der Waals surface area contributed by atoms with Crippen molar-refractivity contribution in [1.82, 2.24) is 0 Å². The smallest absolute Gasteiger partial charge is 1.00 e. The van der Waals surface area contributed by atoms with Crippen molar-refractivity contribution in [2.75, 3.05) is 0 Å². The summed E-state index contributed by atoms with van der Waals surface area (Å²) < 4.78 is 0. The van der Waals surface area contributed by atoms with Gasteiger partial charge in [0.05, 0.1) is 8.07 Å². The molecule has 2 rings (SSSR count). The maximum atomic E-state index is 3.93. The Morgan fingerprint density at radius 3 is 1.53 bits per heavy atom. The fraction of sp³-hybridized carbons (Fsp3) is 0.655. The molecule has 0 fully saturated rings. The molecule has 0 aliphatic heterocycles. The summed E-state index contributed by atoms with van der Waals surface area (Å²) >= 11 is 0. The Morgan fingerprint density at radius 1 is 0.735 bits per heavy atom. The molecule has 0 nitrogen and oxygen atoms in total. The van der Waals surface area contributed by atoms with Gasteiger partial charge in [-0.2, -0.15) is 11.1 Å². The third-order valence-corrected chi connectivity index (χ3v) is 12.7. The van der Waals surface area contributed by atoms with Gasteiger partial charge in [0.15, 0.2) is 0 Å². The van der Waals surface area contributed by atoms with Gasteiger partial charge in [-0.1, -0.05) is 115 Å². The molecule has 0 aromatic heterocycles. The van der Waals surface area contributed by atoms with Gasteiger partial charge in [0, 0.05) is 0 Å². The van der Waals surface area contributed by atoms with Crippen LogP contribution in [-0.4, -0.2) is 8.07 Å². The third kappa shape index (κ3) is 9.42. The first-order valence-electron chi connectivity index (χ1n) is 12.6. The molecule has 0 heterocycles. The summed E-state index contributed by atoms with van der Waals surface area (Å²) in [6.45, 7) is 19.1. The Hall–Kier alpha value is 0.501. The summed E-state index contributed by atoms with van der Waals surface area (Å²) in [5.41, 5.74) is 7.54. The Morgan fingerprint density at radius 2 is 1.18 bits per heavy atom. The predicted octanol–water partition coefficient (Wildman–Crippen LogP) is -0.283. The first-order chi connectivity index (χ1) is 14.2. The topological polar surface area (TPSA) is 0 Å². The monoisotopic (exact) mass is 576 g/mol. The number of allylic oxidation sites excluding steroid dienone is 4. The Bertz CT molecular complexity index is 755. The van der Waals surface area contributed by atoms with Crippen LogP contribution < -0.4 is 42.4 Å². The molecule has 1 aliphatic carbocycles. The van der Waals surface area contributed by atoms with E-state index in [-0.39, 0.29) is 64.0 Å². The van der Waals surface area contributed by atoms with Crippen molar-refractivity contribution in [3.05, 3.63) is 52.1 Å². The number of aryl methyl sites for hydroxylation is 2. The normalized spacial score (nSPS) is 17.2. The molecule has 1 atom stereocenters. The van der Waals surface area contributed by atoms with E-state index in [4.69, 9.17) is 0 Å². The van der Waals surface area contributed by atoms with E-state index in [0.717, 1.165) is 0 Å². The summed E-state index contributed by atoms with van der Waals surface area (Å²) in [5.74, 6) is 0. The second-order valence-electron chi connectivity index (χ2n) is 10.4. The van der Waals surface area contributed by atoms with Crippen LogP contribution in [0.4, 0.5) is 0 Å². The molecule has 0 saturated carbocycles. The van der Waals surface area contributed by atoms with E-state index in [1.807, 2.05) is 0 Å². The fourth-order valence-electron chi connectivity index (χ4n) is 5.06. The quantitative estimate of drug-likeness (QED) is 0.182. The summed E-state index contributed by atoms with van der Waals surface area (Å²) in [7, 11) is -1.78. The van der Waals surface area contributed by atoms with Crippen LogP contribution in [0.2, 0.25) is 18.1 Å². The van der Waals surface area contributed by atoms with Crippen molar-refractivity contribution in [2.45, 2.75) is 124 Å². The molecule has 1 unspecified atom stereocenters. The average molecular weight is 578 g/mol. The van der Waals surface area contributed by atoms with Gasteiger partial charge in [0.1, 0.15) is 0 Å². The van der Waals surface area contributed by atoms with Crippen LogP contribution >= 0.6 is 0 Å². The summed E-state index contributed by atoms with van der Waals surface area (Å²) in [6, 6.07) is 7.69. The molecule has 0 bridgehead atoms. The summed E-state index contributed by atoms with van der Waals surface area (Å²) in [4.78, 5) is 0. The van der Waals surface area contributed by atoms with Crippen molar-refractivity contribution in [1.29, 1.82) is 0 Å². The molecule has 0 N–H and O–H groups in total. The van der Waals surface area contributed by atoms with Gasteiger partial charge in [-0.05, 0) is 36.8 Å². The molecule has 0 amide bonds. The van der Waals surface area contributed by atoms with Gasteiger partial charge < -0.3 is 37.2 Å². The number of hydrogen-bond acceptors (Lipinski definition) is 0. The van der Waals surface area contributed by atoms with Gasteiger partial charge in [0.25, 0.3) is 0 Å². The van der Waals surface area contributed by atoms with Crippen LogP contribution in [0, 0.1) is 6.08 Å². The van der Waals surface area contributed by atoms with Gasteiger partial charge in [-0.15, -0.1) is 6.92 Å². The minimum Gasteiger partial charge on any atom is -1.00 e. The standard InChI is InChI=1S/C29H47Si.3ClH.Ti/c1-9-11-13-15-17-26-19-27(18-16-14-12-10-2)21-28(20-26)30(7,8)29(6)22-23(3)24(4)25(29)5;;;;/h19-21H,9-18H2,1-8H3;3*1H;/q-1;;;;+4/p-3. The molecule has 0 saturated heterocycles. The van der Waals surface area contributed by atoms with E-state index >= 15 is 0 Å². The van der Waals surface area contributed by atoms with E-state index < -0.39 is 8.07 Å². The molecule has 1 aliphatic rings. The Kier molecular flexibility index (Phi) is 20.5. The van der Waals surface area contributed by atoms with Gasteiger partial charge >= 0.3 is 21.7 Å². The van der Waals surface area contributed by atoms with E-state index in [9.17, 15) is 0 Å². The molecular formula is C29H47Cl3SiTi. The van der Waals surface area contributed by atoms with E-state index in [2.05, 4.69) is 78.9 Å². The van der Waals surface area contributed by atoms with Crippen molar-refractivity contribution in [2.24, 2.45) is 0 Å². The van der Waals surface area contributed by atoms with Gasteiger partial charge in [-0.25, -0.2) is 5.57 Å². The largest absolute Gasteiger partial charge is 4.00 e. The third-order valence-electron chi connectivity index (χ3n) is 7.97. The zero-order valence-electron chi connectivity index (χ0n) is 22.9. The molecule has 34 heavy (non-hydrogen) atoms. The van der Waals surface area contributed by atoms with E-state index in [1.54, 1.807) is 21.9 Å². The maximum absolute atomic E-state index is 3.93.